The van der Waals surface area contributed by atoms with Crippen LogP contribution in [-0.4, -0.2) is 34.0 Å². The molecule has 0 radical (unpaired) electrons. The van der Waals surface area contributed by atoms with Crippen LogP contribution in [0.3, 0.4) is 0 Å². The number of hydrogen-bond donors (Lipinski definition) is 1. The van der Waals surface area contributed by atoms with Crippen molar-refractivity contribution in [2.45, 2.75) is 6.92 Å². The van der Waals surface area contributed by atoms with E-state index in [1.54, 1.807) is 24.9 Å². The van der Waals surface area contributed by atoms with E-state index >= 15 is 0 Å². The van der Waals surface area contributed by atoms with Crippen molar-refractivity contribution in [1.29, 1.82) is 0 Å². The van der Waals surface area contributed by atoms with E-state index in [2.05, 4.69) is 15.2 Å². The summed E-state index contributed by atoms with van der Waals surface area (Å²) in [5, 5.41) is 8.14. The van der Waals surface area contributed by atoms with Crippen LogP contribution in [-0.2, 0) is 0 Å². The van der Waals surface area contributed by atoms with Crippen LogP contribution in [0.15, 0.2) is 36.4 Å². The molecule has 0 aliphatic carbocycles. The molecule has 118 valence electrons. The number of ether oxygens (including phenoxy) is 2. The lowest BCUT2D eigenvalue weighted by molar-refractivity contribution is 0.398. The van der Waals surface area contributed by atoms with E-state index in [0.717, 1.165) is 11.3 Å². The number of methoxy groups -OCH3 is 2. The first-order valence-electron chi connectivity index (χ1n) is 7.01. The molecule has 3 rings (SSSR count). The molecule has 2 heterocycles. The summed E-state index contributed by atoms with van der Waals surface area (Å²) in [7, 11) is 3.17. The summed E-state index contributed by atoms with van der Waals surface area (Å²) < 4.78 is 12.3. The second kappa shape index (κ2) is 5.96. The predicted molar refractivity (Wildman–Crippen MR) is 86.8 cm³/mol. The van der Waals surface area contributed by atoms with Crippen LogP contribution >= 0.6 is 0 Å². The average molecular weight is 311 g/mol. The van der Waals surface area contributed by atoms with Gasteiger partial charge in [0.2, 0.25) is 11.8 Å². The average Bonchev–Trinajstić information content (AvgIpc) is 2.96. The van der Waals surface area contributed by atoms with Crippen LogP contribution in [0.2, 0.25) is 0 Å². The molecule has 0 saturated heterocycles. The van der Waals surface area contributed by atoms with Crippen LogP contribution in [0.5, 0.6) is 11.6 Å². The van der Waals surface area contributed by atoms with Crippen LogP contribution < -0.4 is 15.2 Å². The third-order valence-electron chi connectivity index (χ3n) is 3.43. The summed E-state index contributed by atoms with van der Waals surface area (Å²) in [6, 6.07) is 11.2. The van der Waals surface area contributed by atoms with Crippen LogP contribution in [0.25, 0.3) is 17.2 Å². The number of nitrogen functional groups attached to an aromatic ring is 1. The van der Waals surface area contributed by atoms with Gasteiger partial charge in [0.1, 0.15) is 11.4 Å². The number of rotatable bonds is 4. The fourth-order valence-electron chi connectivity index (χ4n) is 2.33. The summed E-state index contributed by atoms with van der Waals surface area (Å²) in [5.74, 6) is 1.94. The first kappa shape index (κ1) is 14.8. The summed E-state index contributed by atoms with van der Waals surface area (Å²) in [6.07, 6.45) is 0. The second-order valence-electron chi connectivity index (χ2n) is 4.96. The molecule has 7 heteroatoms. The van der Waals surface area contributed by atoms with E-state index < -0.39 is 0 Å². The van der Waals surface area contributed by atoms with Gasteiger partial charge in [-0.25, -0.2) is 4.98 Å². The monoisotopic (exact) mass is 311 g/mol. The zero-order valence-electron chi connectivity index (χ0n) is 13.1. The van der Waals surface area contributed by atoms with E-state index in [-0.39, 0.29) is 5.95 Å². The van der Waals surface area contributed by atoms with Crippen LogP contribution in [0, 0.1) is 6.92 Å². The molecule has 1 aromatic carbocycles. The molecule has 0 atom stereocenters. The van der Waals surface area contributed by atoms with Gasteiger partial charge >= 0.3 is 0 Å². The molecule has 2 N–H and O–H groups in total. The second-order valence-corrected chi connectivity index (χ2v) is 4.96. The molecule has 3 aromatic rings. The van der Waals surface area contributed by atoms with Crippen molar-refractivity contribution in [3.63, 3.8) is 0 Å². The number of benzene rings is 1. The Bertz CT molecular complexity index is 844. The minimum atomic E-state index is 0.258. The maximum Gasteiger partial charge on any atom is 0.227 e. The number of nitrogens with zero attached hydrogens (tertiary/aromatic N) is 4. The van der Waals surface area contributed by atoms with Crippen molar-refractivity contribution < 1.29 is 9.47 Å². The lowest BCUT2D eigenvalue weighted by Crippen LogP contribution is -2.06. The van der Waals surface area contributed by atoms with Crippen LogP contribution in [0.1, 0.15) is 5.56 Å². The molecule has 2 aromatic heterocycles. The van der Waals surface area contributed by atoms with Gasteiger partial charge in [0.05, 0.1) is 19.9 Å². The predicted octanol–water partition coefficient (Wildman–Crippen LogP) is 2.24. The molecule has 7 nitrogen and oxygen atoms in total. The fourth-order valence-corrected chi connectivity index (χ4v) is 2.33. The molecular weight excluding hydrogens is 294 g/mol. The minimum Gasteiger partial charge on any atom is -0.495 e. The van der Waals surface area contributed by atoms with Crippen molar-refractivity contribution in [2.24, 2.45) is 0 Å². The van der Waals surface area contributed by atoms with Gasteiger partial charge in [0.15, 0.2) is 5.82 Å². The van der Waals surface area contributed by atoms with Gasteiger partial charge in [-0.2, -0.15) is 0 Å². The van der Waals surface area contributed by atoms with E-state index in [9.17, 15) is 0 Å². The van der Waals surface area contributed by atoms with Crippen molar-refractivity contribution >= 4 is 5.95 Å². The fraction of sp³-hybridized carbons (Fsp3) is 0.188. The Balaban J connectivity index is 2.22. The Morgan fingerprint density at radius 1 is 1.04 bits per heavy atom. The highest BCUT2D eigenvalue weighted by Crippen LogP contribution is 2.30. The molecule has 0 spiro atoms. The number of nitrogens with two attached hydrogens (primary N) is 1. The number of hydrogen-bond acceptors (Lipinski definition) is 6. The molecule has 0 saturated carbocycles. The maximum absolute atomic E-state index is 6.03. The van der Waals surface area contributed by atoms with Crippen molar-refractivity contribution in [1.82, 2.24) is 19.7 Å². The molecule has 23 heavy (non-hydrogen) atoms. The standard InChI is InChI=1S/C16H17N5O2/c1-10-7-8-13(22-2)12(9-10)21-15(19-20-16(21)17)11-5-4-6-14(18-11)23-3/h4-9H,1-3H3,(H2,17,20). The highest BCUT2D eigenvalue weighted by Gasteiger charge is 2.18. The van der Waals surface area contributed by atoms with Crippen molar-refractivity contribution in [2.75, 3.05) is 20.0 Å². The van der Waals surface area contributed by atoms with E-state index in [4.69, 9.17) is 15.2 Å². The number of pyridine rings is 1. The Hall–Kier alpha value is -3.09. The van der Waals surface area contributed by atoms with E-state index in [1.165, 1.54) is 0 Å². The topological polar surface area (TPSA) is 88.1 Å². The first-order chi connectivity index (χ1) is 11.1. The summed E-state index contributed by atoms with van der Waals surface area (Å²) in [5.41, 5.74) is 8.47. The highest BCUT2D eigenvalue weighted by molar-refractivity contribution is 5.61. The van der Waals surface area contributed by atoms with Gasteiger partial charge in [-0.05, 0) is 30.7 Å². The van der Waals surface area contributed by atoms with Gasteiger partial charge in [0, 0.05) is 6.07 Å². The van der Waals surface area contributed by atoms with Gasteiger partial charge in [0.25, 0.3) is 0 Å². The first-order valence-corrected chi connectivity index (χ1v) is 7.01. The smallest absolute Gasteiger partial charge is 0.227 e. The SMILES string of the molecule is COc1cccc(-c2nnc(N)n2-c2cc(C)ccc2OC)n1. The quantitative estimate of drug-likeness (QED) is 0.795. The largest absolute Gasteiger partial charge is 0.495 e. The summed E-state index contributed by atoms with van der Waals surface area (Å²) in [4.78, 5) is 4.40. The van der Waals surface area contributed by atoms with Gasteiger partial charge < -0.3 is 15.2 Å². The zero-order valence-corrected chi connectivity index (χ0v) is 13.1. The van der Waals surface area contributed by atoms with E-state index in [1.807, 2.05) is 37.3 Å². The summed E-state index contributed by atoms with van der Waals surface area (Å²) in [6.45, 7) is 1.99. The molecule has 0 unspecified atom stereocenters. The Labute approximate surface area is 133 Å². The van der Waals surface area contributed by atoms with Crippen LogP contribution in [0.4, 0.5) is 5.95 Å². The minimum absolute atomic E-state index is 0.258. The lowest BCUT2D eigenvalue weighted by atomic mass is 10.2. The Morgan fingerprint density at radius 3 is 2.61 bits per heavy atom. The number of aromatic nitrogens is 4. The molecule has 0 aliphatic rings. The zero-order chi connectivity index (χ0) is 16.4. The van der Waals surface area contributed by atoms with Gasteiger partial charge in [-0.15, -0.1) is 10.2 Å². The van der Waals surface area contributed by atoms with Crippen molar-refractivity contribution in [3.8, 4) is 28.8 Å². The molecule has 0 fully saturated rings. The van der Waals surface area contributed by atoms with Crippen molar-refractivity contribution in [3.05, 3.63) is 42.0 Å². The maximum atomic E-state index is 6.03. The van der Waals surface area contributed by atoms with Gasteiger partial charge in [-0.3, -0.25) is 4.57 Å². The molecule has 0 aliphatic heterocycles. The molecular formula is C16H17N5O2. The molecule has 0 bridgehead atoms. The normalized spacial score (nSPS) is 10.6. The van der Waals surface area contributed by atoms with E-state index in [0.29, 0.717) is 23.1 Å². The molecule has 0 amide bonds. The third kappa shape index (κ3) is 2.68. The highest BCUT2D eigenvalue weighted by atomic mass is 16.5. The van der Waals surface area contributed by atoms with Gasteiger partial charge in [-0.1, -0.05) is 12.1 Å². The number of aryl methyl sites for hydroxylation is 1. The third-order valence-corrected chi connectivity index (χ3v) is 3.43. The Morgan fingerprint density at radius 2 is 1.87 bits per heavy atom. The lowest BCUT2D eigenvalue weighted by Gasteiger charge is -2.13. The Kier molecular flexibility index (Phi) is 3.84. The number of anilines is 1. The summed E-state index contributed by atoms with van der Waals surface area (Å²) >= 11 is 0.